The van der Waals surface area contributed by atoms with Crippen LogP contribution in [-0.4, -0.2) is 24.8 Å². The van der Waals surface area contributed by atoms with Crippen LogP contribution in [0.15, 0.2) is 10.5 Å². The number of benzene rings is 1. The summed E-state index contributed by atoms with van der Waals surface area (Å²) in [6.45, 7) is 3.09. The monoisotopic (exact) mass is 313 g/mol. The molecule has 1 heterocycles. The Balaban J connectivity index is 2.27. The van der Waals surface area contributed by atoms with Crippen LogP contribution in [0.3, 0.4) is 0 Å². The van der Waals surface area contributed by atoms with E-state index in [1.807, 2.05) is 13.0 Å². The number of hydrogen-bond acceptors (Lipinski definition) is 3. The Labute approximate surface area is 117 Å². The van der Waals surface area contributed by atoms with Crippen LogP contribution in [0.2, 0.25) is 0 Å². The van der Waals surface area contributed by atoms with Gasteiger partial charge < -0.3 is 15.2 Å². The van der Waals surface area contributed by atoms with Crippen LogP contribution >= 0.6 is 15.9 Å². The molecule has 1 atom stereocenters. The average Bonchev–Trinajstić information content (AvgIpc) is 2.40. The number of hydrogen-bond donors (Lipinski definition) is 2. The molecule has 1 aliphatic heterocycles. The van der Waals surface area contributed by atoms with Crippen LogP contribution in [0.1, 0.15) is 30.4 Å². The summed E-state index contributed by atoms with van der Waals surface area (Å²) in [4.78, 5) is 0. The van der Waals surface area contributed by atoms with Gasteiger partial charge in [0.15, 0.2) is 11.5 Å². The number of nitrogens with one attached hydrogen (secondary N) is 1. The summed E-state index contributed by atoms with van der Waals surface area (Å²) in [5.74, 6) is 0.823. The lowest BCUT2D eigenvalue weighted by Crippen LogP contribution is -2.35. The molecule has 1 unspecified atom stereocenters. The number of piperidine rings is 1. The highest BCUT2D eigenvalue weighted by atomic mass is 79.9. The molecule has 0 aliphatic carbocycles. The molecule has 0 bridgehead atoms. The third-order valence-corrected chi connectivity index (χ3v) is 4.66. The molecule has 0 aromatic heterocycles. The summed E-state index contributed by atoms with van der Waals surface area (Å²) >= 11 is 3.58. The van der Waals surface area contributed by atoms with Crippen LogP contribution in [0, 0.1) is 6.92 Å². The first kappa shape index (κ1) is 13.7. The zero-order valence-corrected chi connectivity index (χ0v) is 12.5. The van der Waals surface area contributed by atoms with Crippen LogP contribution in [0.25, 0.3) is 0 Å². The maximum Gasteiger partial charge on any atom is 0.162 e. The fourth-order valence-corrected chi connectivity index (χ4v) is 2.97. The number of halogens is 1. The Morgan fingerprint density at radius 2 is 2.28 bits per heavy atom. The van der Waals surface area contributed by atoms with Crippen molar-refractivity contribution in [2.75, 3.05) is 13.7 Å². The van der Waals surface area contributed by atoms with Gasteiger partial charge in [0.05, 0.1) is 7.11 Å². The summed E-state index contributed by atoms with van der Waals surface area (Å²) in [5, 5.41) is 13.7. The largest absolute Gasteiger partial charge is 0.504 e. The number of methoxy groups -OCH3 is 1. The smallest absolute Gasteiger partial charge is 0.162 e. The van der Waals surface area contributed by atoms with Gasteiger partial charge in [0.2, 0.25) is 0 Å². The normalized spacial score (nSPS) is 19.8. The summed E-state index contributed by atoms with van der Waals surface area (Å²) in [7, 11) is 1.59. The molecule has 1 fully saturated rings. The zero-order chi connectivity index (χ0) is 13.1. The fourth-order valence-electron chi connectivity index (χ4n) is 2.51. The van der Waals surface area contributed by atoms with Crippen molar-refractivity contribution in [1.29, 1.82) is 0 Å². The molecule has 1 aromatic carbocycles. The van der Waals surface area contributed by atoms with E-state index in [-0.39, 0.29) is 5.75 Å². The van der Waals surface area contributed by atoms with E-state index in [2.05, 4.69) is 21.2 Å². The standard InChI is InChI=1S/C14H20BrNO2/c1-9-7-12(18-2)14(17)11(13(9)15)8-10-5-3-4-6-16-10/h7,10,16-17H,3-6,8H2,1-2H3. The molecule has 1 aromatic rings. The van der Waals surface area contributed by atoms with Crippen molar-refractivity contribution < 1.29 is 9.84 Å². The quantitative estimate of drug-likeness (QED) is 0.900. The number of ether oxygens (including phenoxy) is 1. The minimum Gasteiger partial charge on any atom is -0.504 e. The third-order valence-electron chi connectivity index (χ3n) is 3.56. The van der Waals surface area contributed by atoms with E-state index in [0.717, 1.165) is 28.6 Å². The van der Waals surface area contributed by atoms with Gasteiger partial charge in [-0.15, -0.1) is 0 Å². The molecule has 0 spiro atoms. The second-order valence-electron chi connectivity index (χ2n) is 4.89. The molecule has 3 nitrogen and oxygen atoms in total. The summed E-state index contributed by atoms with van der Waals surface area (Å²) in [6.07, 6.45) is 4.52. The Morgan fingerprint density at radius 1 is 1.50 bits per heavy atom. The van der Waals surface area contributed by atoms with E-state index in [1.165, 1.54) is 19.3 Å². The van der Waals surface area contributed by atoms with E-state index in [4.69, 9.17) is 4.74 Å². The van der Waals surface area contributed by atoms with Gasteiger partial charge in [0, 0.05) is 16.1 Å². The molecule has 100 valence electrons. The molecule has 4 heteroatoms. The number of phenolic OH excluding ortho intramolecular Hbond substituents is 1. The van der Waals surface area contributed by atoms with E-state index in [9.17, 15) is 5.11 Å². The second-order valence-corrected chi connectivity index (χ2v) is 5.68. The van der Waals surface area contributed by atoms with E-state index < -0.39 is 0 Å². The fraction of sp³-hybridized carbons (Fsp3) is 0.571. The highest BCUT2D eigenvalue weighted by Crippen LogP contribution is 2.38. The Kier molecular flexibility index (Phi) is 4.51. The van der Waals surface area contributed by atoms with Crippen LogP contribution in [0.4, 0.5) is 0 Å². The molecule has 0 saturated carbocycles. The predicted octanol–water partition coefficient (Wildman–Crippen LogP) is 3.16. The molecule has 0 radical (unpaired) electrons. The van der Waals surface area contributed by atoms with Crippen molar-refractivity contribution in [2.24, 2.45) is 0 Å². The van der Waals surface area contributed by atoms with Gasteiger partial charge in [-0.1, -0.05) is 22.4 Å². The molecule has 18 heavy (non-hydrogen) atoms. The topological polar surface area (TPSA) is 41.5 Å². The first-order chi connectivity index (χ1) is 8.63. The van der Waals surface area contributed by atoms with Crippen molar-refractivity contribution in [3.8, 4) is 11.5 Å². The molecular formula is C14H20BrNO2. The Morgan fingerprint density at radius 3 is 2.89 bits per heavy atom. The van der Waals surface area contributed by atoms with Crippen LogP contribution in [0.5, 0.6) is 11.5 Å². The second kappa shape index (κ2) is 5.93. The molecule has 2 N–H and O–H groups in total. The molecule has 1 aliphatic rings. The van der Waals surface area contributed by atoms with Crippen molar-refractivity contribution in [2.45, 2.75) is 38.6 Å². The number of aryl methyl sites for hydroxylation is 1. The molecule has 1 saturated heterocycles. The molecule has 2 rings (SSSR count). The summed E-state index contributed by atoms with van der Waals surface area (Å²) in [6, 6.07) is 2.31. The molecular weight excluding hydrogens is 294 g/mol. The van der Waals surface area contributed by atoms with Gasteiger partial charge in [-0.3, -0.25) is 0 Å². The van der Waals surface area contributed by atoms with Gasteiger partial charge in [-0.25, -0.2) is 0 Å². The SMILES string of the molecule is COc1cc(C)c(Br)c(CC2CCCCN2)c1O. The van der Waals surface area contributed by atoms with E-state index in [0.29, 0.717) is 11.8 Å². The number of phenols is 1. The highest BCUT2D eigenvalue weighted by molar-refractivity contribution is 9.10. The lowest BCUT2D eigenvalue weighted by atomic mass is 9.96. The maximum absolute atomic E-state index is 10.2. The average molecular weight is 314 g/mol. The van der Waals surface area contributed by atoms with Crippen molar-refractivity contribution in [1.82, 2.24) is 5.32 Å². The maximum atomic E-state index is 10.2. The number of aromatic hydroxyl groups is 1. The van der Waals surface area contributed by atoms with Crippen molar-refractivity contribution >= 4 is 15.9 Å². The zero-order valence-electron chi connectivity index (χ0n) is 10.9. The Hall–Kier alpha value is -0.740. The third kappa shape index (κ3) is 2.81. The van der Waals surface area contributed by atoms with Gasteiger partial charge in [0.1, 0.15) is 0 Å². The van der Waals surface area contributed by atoms with Crippen LogP contribution < -0.4 is 10.1 Å². The molecule has 0 amide bonds. The summed E-state index contributed by atoms with van der Waals surface area (Å²) < 4.78 is 6.21. The predicted molar refractivity (Wildman–Crippen MR) is 76.4 cm³/mol. The minimum atomic E-state index is 0.266. The Bertz CT molecular complexity index is 428. The first-order valence-corrected chi connectivity index (χ1v) is 7.21. The first-order valence-electron chi connectivity index (χ1n) is 6.41. The van der Waals surface area contributed by atoms with E-state index in [1.54, 1.807) is 7.11 Å². The minimum absolute atomic E-state index is 0.266. The van der Waals surface area contributed by atoms with Gasteiger partial charge >= 0.3 is 0 Å². The van der Waals surface area contributed by atoms with E-state index >= 15 is 0 Å². The lowest BCUT2D eigenvalue weighted by molar-refractivity contribution is 0.361. The number of rotatable bonds is 3. The van der Waals surface area contributed by atoms with Gasteiger partial charge in [0.25, 0.3) is 0 Å². The van der Waals surface area contributed by atoms with Gasteiger partial charge in [-0.05, 0) is 44.4 Å². The lowest BCUT2D eigenvalue weighted by Gasteiger charge is -2.25. The van der Waals surface area contributed by atoms with Crippen molar-refractivity contribution in [3.63, 3.8) is 0 Å². The summed E-state index contributed by atoms with van der Waals surface area (Å²) in [5.41, 5.74) is 2.04. The van der Waals surface area contributed by atoms with Crippen LogP contribution in [-0.2, 0) is 6.42 Å². The van der Waals surface area contributed by atoms with Crippen molar-refractivity contribution in [3.05, 3.63) is 21.7 Å². The highest BCUT2D eigenvalue weighted by Gasteiger charge is 2.20. The van der Waals surface area contributed by atoms with Gasteiger partial charge in [-0.2, -0.15) is 0 Å².